The lowest BCUT2D eigenvalue weighted by molar-refractivity contribution is 0.673. The first-order valence-corrected chi connectivity index (χ1v) is 18.7. The second-order valence-corrected chi connectivity index (χ2v) is 13.6. The second kappa shape index (κ2) is 15.1. The van der Waals surface area contributed by atoms with Gasteiger partial charge in [-0.3, -0.25) is 0 Å². The molecule has 0 bridgehead atoms. The summed E-state index contributed by atoms with van der Waals surface area (Å²) in [6.07, 6.45) is 0. The number of rotatable bonds is 8. The van der Waals surface area contributed by atoms with Crippen molar-refractivity contribution < 1.29 is 34.6 Å². The third kappa shape index (κ3) is 6.41. The van der Waals surface area contributed by atoms with Crippen LogP contribution in [0.1, 0.15) is 30.2 Å². The van der Waals surface area contributed by atoms with Crippen LogP contribution in [0.25, 0.3) is 88.3 Å². The molecule has 11 aromatic rings. The standard InChI is InChI=1S/C58H39NO/c1-5-15-40(16-6-1)43-25-31-48(32-26-43)59(49-33-27-44(28-34-49)41-17-7-2-8-18-41)50-35-29-46(30-36-50)54-37-47(42-19-9-3-10-20-42)38-56-57(54)55-39-53(45-21-11-4-12-22-45)51-23-13-14-24-52(51)58(55)60-56/h1-39H/i1D,2D,5D,6D,7D,8D,15D,16D,17D,18D,25D,26D,27D,28D,29D,30D,31D,32D,33D,34D,35D,36D. The van der Waals surface area contributed by atoms with E-state index in [1.54, 1.807) is 24.3 Å². The maximum atomic E-state index is 9.97. The number of hydrogen-bond donors (Lipinski definition) is 0. The van der Waals surface area contributed by atoms with Gasteiger partial charge >= 0.3 is 0 Å². The fourth-order valence-electron chi connectivity index (χ4n) is 7.30. The van der Waals surface area contributed by atoms with Gasteiger partial charge in [-0.1, -0.05) is 182 Å². The van der Waals surface area contributed by atoms with Gasteiger partial charge in [0.25, 0.3) is 0 Å². The van der Waals surface area contributed by atoms with Crippen LogP contribution in [0.4, 0.5) is 17.1 Å². The van der Waals surface area contributed by atoms with Gasteiger partial charge in [-0.05, 0) is 115 Å². The van der Waals surface area contributed by atoms with Gasteiger partial charge in [-0.25, -0.2) is 0 Å². The lowest BCUT2D eigenvalue weighted by Crippen LogP contribution is -2.09. The summed E-state index contributed by atoms with van der Waals surface area (Å²) in [6, 6.07) is 10.7. The summed E-state index contributed by atoms with van der Waals surface area (Å²) >= 11 is 0. The fourth-order valence-corrected chi connectivity index (χ4v) is 7.30. The largest absolute Gasteiger partial charge is 0.455 e. The van der Waals surface area contributed by atoms with E-state index in [-0.39, 0.29) is 11.1 Å². The average molecular weight is 788 g/mol. The molecule has 0 spiro atoms. The molecule has 11 rings (SSSR count). The number of benzene rings is 10. The van der Waals surface area contributed by atoms with Gasteiger partial charge in [0.1, 0.15) is 11.2 Å². The number of nitrogens with zero attached hydrogens (tertiary/aromatic N) is 1. The SMILES string of the molecule is [2H]c1c([2H])c([2H])c(-c2c([2H])c([2H])c(N(c3c([2H])c([2H])c(-c4c([2H])c([2H])c([2H])c([2H])c4[2H])c([2H])c3[2H])c3c([2H])c([2H])c(-c4cc(-c5ccccc5)cc5oc6c7ccccc7c(-c7ccccc7)cc6c45)c([2H])c3[2H])c([2H])c2[2H])c([2H])c1[2H]. The van der Waals surface area contributed by atoms with Crippen molar-refractivity contribution in [3.05, 3.63) is 236 Å². The first-order valence-electron chi connectivity index (χ1n) is 29.7. The molecule has 0 aliphatic rings. The summed E-state index contributed by atoms with van der Waals surface area (Å²) in [6.45, 7) is 0. The molecule has 0 radical (unpaired) electrons. The van der Waals surface area contributed by atoms with E-state index in [9.17, 15) is 16.4 Å². The van der Waals surface area contributed by atoms with Gasteiger partial charge in [0.2, 0.25) is 0 Å². The topological polar surface area (TPSA) is 16.4 Å². The van der Waals surface area contributed by atoms with Crippen molar-refractivity contribution in [2.45, 2.75) is 0 Å². The monoisotopic (exact) mass is 787 g/mol. The van der Waals surface area contributed by atoms with Crippen LogP contribution < -0.4 is 4.90 Å². The van der Waals surface area contributed by atoms with Crippen LogP contribution in [0.3, 0.4) is 0 Å². The van der Waals surface area contributed by atoms with E-state index in [4.69, 9.17) is 18.1 Å². The van der Waals surface area contributed by atoms with Gasteiger partial charge in [-0.2, -0.15) is 0 Å². The minimum atomic E-state index is -1.13. The van der Waals surface area contributed by atoms with Crippen molar-refractivity contribution in [3.8, 4) is 55.6 Å². The van der Waals surface area contributed by atoms with Gasteiger partial charge in [0.05, 0.1) is 30.2 Å². The molecule has 0 unspecified atom stereocenters. The molecule has 0 atom stereocenters. The molecule has 0 amide bonds. The zero-order valence-electron chi connectivity index (χ0n) is 53.2. The van der Waals surface area contributed by atoms with E-state index >= 15 is 0 Å². The molecule has 1 heterocycles. The first kappa shape index (κ1) is 19.2. The van der Waals surface area contributed by atoms with E-state index in [2.05, 4.69) is 0 Å². The molecule has 0 aliphatic heterocycles. The Labute approximate surface area is 380 Å². The lowest BCUT2D eigenvalue weighted by atomic mass is 9.91. The third-order valence-electron chi connectivity index (χ3n) is 10.0. The van der Waals surface area contributed by atoms with Gasteiger partial charge in [0, 0.05) is 33.2 Å². The van der Waals surface area contributed by atoms with Crippen LogP contribution >= 0.6 is 0 Å². The van der Waals surface area contributed by atoms with Crippen LogP contribution in [0.5, 0.6) is 0 Å². The second-order valence-electron chi connectivity index (χ2n) is 13.6. The van der Waals surface area contributed by atoms with Crippen LogP contribution in [0, 0.1) is 0 Å². The smallest absolute Gasteiger partial charge is 0.143 e. The highest BCUT2D eigenvalue weighted by Gasteiger charge is 2.20. The van der Waals surface area contributed by atoms with Crippen molar-refractivity contribution in [1.29, 1.82) is 0 Å². The van der Waals surface area contributed by atoms with E-state index in [1.165, 1.54) is 0 Å². The summed E-state index contributed by atoms with van der Waals surface area (Å²) in [5, 5.41) is 2.50. The molecule has 2 nitrogen and oxygen atoms in total. The predicted molar refractivity (Wildman–Crippen MR) is 253 cm³/mol. The summed E-state index contributed by atoms with van der Waals surface area (Å²) < 4.78 is 207. The van der Waals surface area contributed by atoms with Crippen LogP contribution in [-0.4, -0.2) is 0 Å². The molecule has 0 saturated heterocycles. The van der Waals surface area contributed by atoms with Gasteiger partial charge < -0.3 is 9.32 Å². The number of anilines is 3. The van der Waals surface area contributed by atoms with Crippen LogP contribution in [0.2, 0.25) is 0 Å². The minimum Gasteiger partial charge on any atom is -0.455 e. The van der Waals surface area contributed by atoms with Crippen molar-refractivity contribution in [2.24, 2.45) is 0 Å². The van der Waals surface area contributed by atoms with Gasteiger partial charge in [-0.15, -0.1) is 0 Å². The van der Waals surface area contributed by atoms with E-state index < -0.39 is 172 Å². The molecule has 0 aliphatic carbocycles. The highest BCUT2D eigenvalue weighted by molar-refractivity contribution is 6.22. The molecule has 0 N–H and O–H groups in total. The third-order valence-corrected chi connectivity index (χ3v) is 10.0. The van der Waals surface area contributed by atoms with E-state index in [0.29, 0.717) is 38.0 Å². The van der Waals surface area contributed by atoms with E-state index in [1.807, 2.05) is 78.9 Å². The van der Waals surface area contributed by atoms with Crippen LogP contribution in [-0.2, 0) is 0 Å². The van der Waals surface area contributed by atoms with Crippen LogP contribution in [0.15, 0.2) is 240 Å². The number of hydrogen-bond acceptors (Lipinski definition) is 2. The molecule has 282 valence electrons. The molecular weight excluding hydrogens is 727 g/mol. The Morgan fingerprint density at radius 3 is 1.35 bits per heavy atom. The Bertz CT molecular complexity index is 4320. The normalized spacial score (nSPS) is 16.5. The maximum Gasteiger partial charge on any atom is 0.143 e. The summed E-state index contributed by atoms with van der Waals surface area (Å²) in [5.74, 6) is 0. The Hall–Kier alpha value is -7.94. The quantitative estimate of drug-likeness (QED) is 0.152. The van der Waals surface area contributed by atoms with Gasteiger partial charge in [0.15, 0.2) is 0 Å². The Balaban J connectivity index is 1.26. The Morgan fingerprint density at radius 2 is 0.800 bits per heavy atom. The highest BCUT2D eigenvalue weighted by atomic mass is 16.3. The van der Waals surface area contributed by atoms with Crippen molar-refractivity contribution in [1.82, 2.24) is 0 Å². The number of furan rings is 1. The lowest BCUT2D eigenvalue weighted by Gasteiger charge is -2.26. The number of fused-ring (bicyclic) bond motifs is 5. The summed E-state index contributed by atoms with van der Waals surface area (Å²) in [7, 11) is 0. The molecule has 10 aromatic carbocycles. The average Bonchev–Trinajstić information content (AvgIpc) is 3.89. The molecule has 0 fully saturated rings. The zero-order chi connectivity index (χ0) is 59.0. The minimum absolute atomic E-state index is 0.152. The first-order chi connectivity index (χ1) is 38.9. The molecule has 1 aromatic heterocycles. The highest BCUT2D eigenvalue weighted by Crippen LogP contribution is 2.46. The summed E-state index contributed by atoms with van der Waals surface area (Å²) in [5.41, 5.74) is -2.47. The maximum absolute atomic E-state index is 9.97. The molecular formula is C58H39NO. The fraction of sp³-hybridized carbons (Fsp3) is 0. The Morgan fingerprint density at radius 1 is 0.333 bits per heavy atom. The van der Waals surface area contributed by atoms with E-state index in [0.717, 1.165) is 21.9 Å². The molecule has 60 heavy (non-hydrogen) atoms. The molecule has 2 heteroatoms. The zero-order valence-corrected chi connectivity index (χ0v) is 31.2. The Kier molecular flexibility index (Phi) is 4.83. The van der Waals surface area contributed by atoms with Crippen molar-refractivity contribution in [2.75, 3.05) is 4.90 Å². The van der Waals surface area contributed by atoms with Crippen molar-refractivity contribution in [3.63, 3.8) is 0 Å². The predicted octanol–water partition coefficient (Wildman–Crippen LogP) is 16.5. The van der Waals surface area contributed by atoms with Crippen molar-refractivity contribution >= 4 is 49.8 Å². The summed E-state index contributed by atoms with van der Waals surface area (Å²) in [4.78, 5) is 0.505. The molecule has 0 saturated carbocycles.